The van der Waals surface area contributed by atoms with E-state index in [1.165, 1.54) is 0 Å². The van der Waals surface area contributed by atoms with Crippen molar-refractivity contribution < 1.29 is 12.7 Å². The number of carbonyl (C=O) groups is 2. The number of primary amides is 1. The first-order valence-electron chi connectivity index (χ1n) is 4.39. The van der Waals surface area contributed by atoms with E-state index in [9.17, 15) is 12.7 Å². The molecule has 0 saturated carbocycles. The van der Waals surface area contributed by atoms with E-state index in [2.05, 4.69) is 8.85 Å². The minimum atomic E-state index is -1.43. The number of hydrogen-bond donors (Lipinski definition) is 4. The van der Waals surface area contributed by atoms with E-state index in [1.807, 2.05) is 0 Å². The molecule has 8 heteroatoms. The van der Waals surface area contributed by atoms with Crippen molar-refractivity contribution in [2.75, 3.05) is 13.1 Å². The van der Waals surface area contributed by atoms with Gasteiger partial charge in [-0.2, -0.15) is 0 Å². The first-order valence-corrected chi connectivity index (χ1v) is 6.35. The number of nitrogens with one attached hydrogen (secondary N) is 2. The molecule has 0 bridgehead atoms. The van der Waals surface area contributed by atoms with Gasteiger partial charge < -0.3 is 16.8 Å². The van der Waals surface area contributed by atoms with Gasteiger partial charge in [0.05, 0.1) is 12.6 Å². The van der Waals surface area contributed by atoms with E-state index < -0.39 is 33.4 Å². The summed E-state index contributed by atoms with van der Waals surface area (Å²) in [6, 6.07) is -0.557. The molecular formula is C7H15IN4O3. The highest BCUT2D eigenvalue weighted by Crippen LogP contribution is 2.00. The van der Waals surface area contributed by atoms with Gasteiger partial charge in [-0.05, 0) is 19.4 Å². The molecule has 0 aromatic carbocycles. The van der Waals surface area contributed by atoms with Crippen molar-refractivity contribution in [3.63, 3.8) is 0 Å². The van der Waals surface area contributed by atoms with Crippen molar-refractivity contribution >= 4 is 33.3 Å². The third kappa shape index (κ3) is 7.33. The SMILES string of the molecule is NCCC[C@@H](NI=O)C(=O)NCC(N)=O. The third-order valence-corrected chi connectivity index (χ3v) is 2.63. The van der Waals surface area contributed by atoms with Gasteiger partial charge in [0.2, 0.25) is 33.3 Å². The Kier molecular flexibility index (Phi) is 8.33. The van der Waals surface area contributed by atoms with Gasteiger partial charge >= 0.3 is 0 Å². The molecule has 88 valence electrons. The topological polar surface area (TPSA) is 127 Å². The van der Waals surface area contributed by atoms with Crippen molar-refractivity contribution in [3.05, 3.63) is 0 Å². The average Bonchev–Trinajstić information content (AvgIpc) is 2.20. The second-order valence-electron chi connectivity index (χ2n) is 2.85. The average molecular weight is 330 g/mol. The van der Waals surface area contributed by atoms with Gasteiger partial charge in [0.25, 0.3) is 0 Å². The minimum Gasteiger partial charge on any atom is -0.368 e. The summed E-state index contributed by atoms with van der Waals surface area (Å²) in [6.07, 6.45) is 1.13. The molecule has 0 saturated heterocycles. The van der Waals surface area contributed by atoms with Crippen LogP contribution in [-0.2, 0) is 12.7 Å². The number of carbonyl (C=O) groups excluding carboxylic acids is 2. The number of hydrogen-bond acceptors (Lipinski definition) is 4. The Hall–Kier alpha value is -0.610. The highest BCUT2D eigenvalue weighted by molar-refractivity contribution is 14.1. The molecule has 0 fully saturated rings. The fraction of sp³-hybridized carbons (Fsp3) is 0.714. The molecular weight excluding hydrogens is 315 g/mol. The molecule has 0 aliphatic rings. The molecule has 1 atom stereocenters. The van der Waals surface area contributed by atoms with Crippen LogP contribution in [0.15, 0.2) is 0 Å². The zero-order valence-corrected chi connectivity index (χ0v) is 10.3. The first kappa shape index (κ1) is 14.4. The lowest BCUT2D eigenvalue weighted by Crippen LogP contribution is -2.44. The molecule has 0 spiro atoms. The normalized spacial score (nSPS) is 12.1. The Balaban J connectivity index is 4.02. The molecule has 0 aliphatic heterocycles. The monoisotopic (exact) mass is 330 g/mol. The summed E-state index contributed by atoms with van der Waals surface area (Å²) in [5.74, 6) is -0.990. The summed E-state index contributed by atoms with van der Waals surface area (Å²) < 4.78 is 13.0. The molecule has 0 heterocycles. The van der Waals surface area contributed by atoms with Crippen molar-refractivity contribution in [1.29, 1.82) is 0 Å². The molecule has 15 heavy (non-hydrogen) atoms. The second kappa shape index (κ2) is 8.68. The van der Waals surface area contributed by atoms with Crippen LogP contribution in [0.4, 0.5) is 0 Å². The van der Waals surface area contributed by atoms with Gasteiger partial charge in [-0.3, -0.25) is 12.7 Å². The van der Waals surface area contributed by atoms with Gasteiger partial charge in [-0.15, -0.1) is 0 Å². The van der Waals surface area contributed by atoms with Crippen LogP contribution >= 0.6 is 21.5 Å². The minimum absolute atomic E-state index is 0.211. The van der Waals surface area contributed by atoms with Gasteiger partial charge in [0, 0.05) is 0 Å². The Morgan fingerprint density at radius 3 is 2.53 bits per heavy atom. The quantitative estimate of drug-likeness (QED) is 0.319. The van der Waals surface area contributed by atoms with Crippen molar-refractivity contribution in [3.8, 4) is 0 Å². The summed E-state index contributed by atoms with van der Waals surface area (Å²) >= 11 is -1.43. The van der Waals surface area contributed by atoms with E-state index in [-0.39, 0.29) is 12.5 Å². The van der Waals surface area contributed by atoms with E-state index in [0.717, 1.165) is 0 Å². The molecule has 0 unspecified atom stereocenters. The lowest BCUT2D eigenvalue weighted by atomic mass is 10.1. The lowest BCUT2D eigenvalue weighted by molar-refractivity contribution is -0.125. The Labute approximate surface area is 98.3 Å². The highest BCUT2D eigenvalue weighted by atomic mass is 127. The van der Waals surface area contributed by atoms with Gasteiger partial charge in [-0.1, -0.05) is 0 Å². The van der Waals surface area contributed by atoms with E-state index in [0.29, 0.717) is 19.4 Å². The van der Waals surface area contributed by atoms with E-state index in [4.69, 9.17) is 11.5 Å². The molecule has 0 radical (unpaired) electrons. The van der Waals surface area contributed by atoms with Crippen LogP contribution in [-0.4, -0.2) is 30.9 Å². The molecule has 6 N–H and O–H groups in total. The smallest absolute Gasteiger partial charge is 0.238 e. The van der Waals surface area contributed by atoms with Crippen LogP contribution in [0.2, 0.25) is 0 Å². The van der Waals surface area contributed by atoms with Crippen LogP contribution in [0.3, 0.4) is 0 Å². The zero-order valence-electron chi connectivity index (χ0n) is 8.16. The zero-order chi connectivity index (χ0) is 11.7. The number of amides is 2. The third-order valence-electron chi connectivity index (χ3n) is 1.63. The predicted molar refractivity (Wildman–Crippen MR) is 62.1 cm³/mol. The van der Waals surface area contributed by atoms with Crippen molar-refractivity contribution in [1.82, 2.24) is 8.85 Å². The number of nitrogens with two attached hydrogens (primary N) is 2. The fourth-order valence-electron chi connectivity index (χ4n) is 0.908. The summed E-state index contributed by atoms with van der Waals surface area (Å²) in [5, 5.41) is 2.34. The van der Waals surface area contributed by atoms with Crippen LogP contribution in [0.1, 0.15) is 12.8 Å². The standard InChI is InChI=1S/C7H15IN4O3/c9-3-1-2-5(12-8-15)7(14)11-4-6(10)13/h5H,1-4,9H2,(H2,10,13)(H,11,14)(H,12,15)/t5-/m1/s1. The maximum atomic E-state index is 11.4. The van der Waals surface area contributed by atoms with Crippen LogP contribution in [0.5, 0.6) is 0 Å². The fourth-order valence-corrected chi connectivity index (χ4v) is 1.81. The molecule has 0 aliphatic carbocycles. The van der Waals surface area contributed by atoms with Gasteiger partial charge in [0.1, 0.15) is 0 Å². The van der Waals surface area contributed by atoms with Crippen LogP contribution < -0.4 is 20.3 Å². The van der Waals surface area contributed by atoms with Crippen LogP contribution in [0.25, 0.3) is 0 Å². The highest BCUT2D eigenvalue weighted by Gasteiger charge is 2.17. The second-order valence-corrected chi connectivity index (χ2v) is 3.92. The number of halogens is 1. The maximum absolute atomic E-state index is 11.4. The number of rotatable bonds is 8. The van der Waals surface area contributed by atoms with E-state index in [1.54, 1.807) is 0 Å². The summed E-state index contributed by atoms with van der Waals surface area (Å²) in [7, 11) is 0. The summed E-state index contributed by atoms with van der Waals surface area (Å²) in [5.41, 5.74) is 10.2. The molecule has 0 aromatic heterocycles. The Bertz CT molecular complexity index is 236. The first-order chi connectivity index (χ1) is 7.11. The van der Waals surface area contributed by atoms with E-state index >= 15 is 0 Å². The molecule has 0 aromatic rings. The van der Waals surface area contributed by atoms with Gasteiger partial charge in [0.15, 0.2) is 0 Å². The molecule has 0 rings (SSSR count). The largest absolute Gasteiger partial charge is 0.368 e. The summed E-state index contributed by atoms with van der Waals surface area (Å²) in [6.45, 7) is 0.245. The molecule has 7 nitrogen and oxygen atoms in total. The van der Waals surface area contributed by atoms with Crippen molar-refractivity contribution in [2.24, 2.45) is 11.5 Å². The Morgan fingerprint density at radius 1 is 1.40 bits per heavy atom. The lowest BCUT2D eigenvalue weighted by Gasteiger charge is -2.13. The maximum Gasteiger partial charge on any atom is 0.238 e. The van der Waals surface area contributed by atoms with Crippen LogP contribution in [0, 0.1) is 0 Å². The Morgan fingerprint density at radius 2 is 2.07 bits per heavy atom. The molecule has 2 amide bonds. The summed E-state index contributed by atoms with van der Waals surface area (Å²) in [4.78, 5) is 21.8. The predicted octanol–water partition coefficient (Wildman–Crippen LogP) is -1.48. The van der Waals surface area contributed by atoms with Gasteiger partial charge in [-0.25, -0.2) is 3.53 Å². The van der Waals surface area contributed by atoms with Crippen molar-refractivity contribution in [2.45, 2.75) is 18.9 Å².